The van der Waals surface area contributed by atoms with Crippen LogP contribution in [0.1, 0.15) is 24.2 Å². The number of nitrogens with zero attached hydrogens (tertiary/aromatic N) is 1. The number of carboxylic acids is 1. The fourth-order valence-electron chi connectivity index (χ4n) is 1.73. The van der Waals surface area contributed by atoms with Crippen LogP contribution in [0.5, 0.6) is 5.75 Å². The minimum atomic E-state index is -2.92. The van der Waals surface area contributed by atoms with Crippen molar-refractivity contribution in [2.24, 2.45) is 5.92 Å². The zero-order valence-corrected chi connectivity index (χ0v) is 11.8. The number of hydrogen-bond acceptors (Lipinski definition) is 3. The average Bonchev–Trinajstić information content (AvgIpc) is 2.43. The lowest BCUT2D eigenvalue weighted by Gasteiger charge is -2.23. The summed E-state index contributed by atoms with van der Waals surface area (Å²) in [5.41, 5.74) is 0.288. The summed E-state index contributed by atoms with van der Waals surface area (Å²) in [6.45, 7) is 0.764. The number of alkyl halides is 2. The minimum Gasteiger partial charge on any atom is -0.481 e. The molecule has 5 nitrogen and oxygen atoms in total. The van der Waals surface area contributed by atoms with Gasteiger partial charge in [0.2, 0.25) is 0 Å². The van der Waals surface area contributed by atoms with Gasteiger partial charge in [-0.25, -0.2) is 0 Å². The summed E-state index contributed by atoms with van der Waals surface area (Å²) in [4.78, 5) is 24.4. The highest BCUT2D eigenvalue weighted by Crippen LogP contribution is 2.16. The molecule has 0 spiro atoms. The Morgan fingerprint density at radius 1 is 1.29 bits per heavy atom. The number of rotatable bonds is 7. The number of halogens is 2. The largest absolute Gasteiger partial charge is 0.481 e. The van der Waals surface area contributed by atoms with Crippen molar-refractivity contribution in [3.63, 3.8) is 0 Å². The molecule has 0 bridgehead atoms. The zero-order chi connectivity index (χ0) is 16.0. The summed E-state index contributed by atoms with van der Waals surface area (Å²) >= 11 is 0. The van der Waals surface area contributed by atoms with Gasteiger partial charge in [-0.1, -0.05) is 6.92 Å². The van der Waals surface area contributed by atoms with Crippen molar-refractivity contribution < 1.29 is 28.2 Å². The molecule has 0 aliphatic rings. The smallest absolute Gasteiger partial charge is 0.387 e. The predicted molar refractivity (Wildman–Crippen MR) is 71.5 cm³/mol. The van der Waals surface area contributed by atoms with E-state index in [0.717, 1.165) is 0 Å². The normalized spacial score (nSPS) is 12.0. The van der Waals surface area contributed by atoms with Crippen LogP contribution in [0.3, 0.4) is 0 Å². The Hall–Kier alpha value is -2.18. The lowest BCUT2D eigenvalue weighted by molar-refractivity contribution is -0.141. The van der Waals surface area contributed by atoms with Crippen molar-refractivity contribution in [3.05, 3.63) is 29.8 Å². The van der Waals surface area contributed by atoms with Gasteiger partial charge in [0.1, 0.15) is 5.75 Å². The summed E-state index contributed by atoms with van der Waals surface area (Å²) in [6.07, 6.45) is 0. The molecule has 1 amide bonds. The molecule has 0 heterocycles. The maximum Gasteiger partial charge on any atom is 0.387 e. The first-order valence-corrected chi connectivity index (χ1v) is 6.42. The number of benzene rings is 1. The van der Waals surface area contributed by atoms with Gasteiger partial charge in [0.25, 0.3) is 5.91 Å². The topological polar surface area (TPSA) is 66.8 Å². The van der Waals surface area contributed by atoms with Crippen LogP contribution in [0, 0.1) is 5.92 Å². The Kier molecular flexibility index (Phi) is 6.08. The molecule has 21 heavy (non-hydrogen) atoms. The van der Waals surface area contributed by atoms with E-state index in [1.807, 2.05) is 0 Å². The van der Waals surface area contributed by atoms with Crippen LogP contribution in [-0.2, 0) is 4.79 Å². The molecule has 1 rings (SSSR count). The van der Waals surface area contributed by atoms with E-state index in [4.69, 9.17) is 5.11 Å². The number of carboxylic acid groups (broad SMARTS) is 1. The van der Waals surface area contributed by atoms with Gasteiger partial charge in [-0.05, 0) is 31.2 Å². The molecule has 1 unspecified atom stereocenters. The molecule has 1 N–H and O–H groups in total. The number of aliphatic carboxylic acids is 1. The molecular formula is C14H17F2NO4. The molecule has 0 saturated carbocycles. The molecule has 0 saturated heterocycles. The Morgan fingerprint density at radius 2 is 1.86 bits per heavy atom. The van der Waals surface area contributed by atoms with Gasteiger partial charge in [0.05, 0.1) is 5.92 Å². The van der Waals surface area contributed by atoms with E-state index < -0.39 is 18.5 Å². The maximum atomic E-state index is 12.2. The van der Waals surface area contributed by atoms with Gasteiger partial charge in [-0.2, -0.15) is 8.78 Å². The highest BCUT2D eigenvalue weighted by Gasteiger charge is 2.20. The van der Waals surface area contributed by atoms with E-state index in [1.165, 1.54) is 36.1 Å². The van der Waals surface area contributed by atoms with Crippen molar-refractivity contribution in [2.75, 3.05) is 13.1 Å². The molecule has 1 aromatic carbocycles. The van der Waals surface area contributed by atoms with Gasteiger partial charge >= 0.3 is 12.6 Å². The van der Waals surface area contributed by atoms with Gasteiger partial charge in [-0.15, -0.1) is 0 Å². The van der Waals surface area contributed by atoms with Crippen LogP contribution in [-0.4, -0.2) is 41.6 Å². The minimum absolute atomic E-state index is 0.0384. The number of carbonyl (C=O) groups is 2. The lowest BCUT2D eigenvalue weighted by Crippen LogP contribution is -2.36. The molecule has 116 valence electrons. The highest BCUT2D eigenvalue weighted by molar-refractivity contribution is 5.94. The predicted octanol–water partition coefficient (Wildman–Crippen LogP) is 2.47. The second-order valence-electron chi connectivity index (χ2n) is 4.49. The second-order valence-corrected chi connectivity index (χ2v) is 4.49. The first kappa shape index (κ1) is 16.9. The van der Waals surface area contributed by atoms with Crippen molar-refractivity contribution in [3.8, 4) is 5.75 Å². The molecule has 1 aromatic rings. The van der Waals surface area contributed by atoms with Crippen molar-refractivity contribution >= 4 is 11.9 Å². The Balaban J connectivity index is 2.78. The summed E-state index contributed by atoms with van der Waals surface area (Å²) in [5.74, 6) is -2.06. The molecule has 0 aromatic heterocycles. The summed E-state index contributed by atoms with van der Waals surface area (Å²) in [7, 11) is 0. The van der Waals surface area contributed by atoms with Gasteiger partial charge in [-0.3, -0.25) is 9.59 Å². The van der Waals surface area contributed by atoms with Crippen molar-refractivity contribution in [2.45, 2.75) is 20.5 Å². The fourth-order valence-corrected chi connectivity index (χ4v) is 1.73. The van der Waals surface area contributed by atoms with Crippen molar-refractivity contribution in [1.82, 2.24) is 4.90 Å². The van der Waals surface area contributed by atoms with E-state index in [9.17, 15) is 18.4 Å². The van der Waals surface area contributed by atoms with Crippen LogP contribution in [0.4, 0.5) is 8.78 Å². The van der Waals surface area contributed by atoms with E-state index >= 15 is 0 Å². The van der Waals surface area contributed by atoms with E-state index in [2.05, 4.69) is 4.74 Å². The average molecular weight is 301 g/mol. The molecular weight excluding hydrogens is 284 g/mol. The van der Waals surface area contributed by atoms with E-state index in [0.29, 0.717) is 6.54 Å². The third-order valence-corrected chi connectivity index (χ3v) is 2.91. The standard InChI is InChI=1S/C14H17F2NO4/c1-3-17(8-9(2)13(19)20)12(18)10-4-6-11(7-5-10)21-14(15)16/h4-7,9,14H,3,8H2,1-2H3,(H,19,20). The molecule has 0 radical (unpaired) electrons. The van der Waals surface area contributed by atoms with Crippen LogP contribution >= 0.6 is 0 Å². The monoisotopic (exact) mass is 301 g/mol. The van der Waals surface area contributed by atoms with Crippen molar-refractivity contribution in [1.29, 1.82) is 0 Å². The Bertz CT molecular complexity index is 490. The number of hydrogen-bond donors (Lipinski definition) is 1. The molecule has 0 fully saturated rings. The second kappa shape index (κ2) is 7.56. The highest BCUT2D eigenvalue weighted by atomic mass is 19.3. The van der Waals surface area contributed by atoms with Crippen LogP contribution in [0.15, 0.2) is 24.3 Å². The number of ether oxygens (including phenoxy) is 1. The van der Waals surface area contributed by atoms with Crippen LogP contribution in [0.25, 0.3) is 0 Å². The van der Waals surface area contributed by atoms with Crippen LogP contribution < -0.4 is 4.74 Å². The third kappa shape index (κ3) is 5.02. The van der Waals surface area contributed by atoms with Gasteiger partial charge in [0.15, 0.2) is 0 Å². The summed E-state index contributed by atoms with van der Waals surface area (Å²) in [5, 5.41) is 8.87. The lowest BCUT2D eigenvalue weighted by atomic mass is 10.1. The quantitative estimate of drug-likeness (QED) is 0.840. The van der Waals surface area contributed by atoms with Gasteiger partial charge < -0.3 is 14.7 Å². The SMILES string of the molecule is CCN(CC(C)C(=O)O)C(=O)c1ccc(OC(F)F)cc1. The first-order chi connectivity index (χ1) is 9.85. The fraction of sp³-hybridized carbons (Fsp3) is 0.429. The number of amides is 1. The third-order valence-electron chi connectivity index (χ3n) is 2.91. The Labute approximate surface area is 121 Å². The summed E-state index contributed by atoms with van der Waals surface area (Å²) < 4.78 is 28.3. The Morgan fingerprint density at radius 3 is 2.29 bits per heavy atom. The molecule has 7 heteroatoms. The van der Waals surface area contributed by atoms with E-state index in [1.54, 1.807) is 6.92 Å². The van der Waals surface area contributed by atoms with Gasteiger partial charge in [0, 0.05) is 18.7 Å². The van der Waals surface area contributed by atoms with E-state index in [-0.39, 0.29) is 23.8 Å². The molecule has 1 atom stereocenters. The molecule has 0 aliphatic carbocycles. The maximum absolute atomic E-state index is 12.2. The number of carbonyl (C=O) groups excluding carboxylic acids is 1. The zero-order valence-electron chi connectivity index (χ0n) is 11.8. The first-order valence-electron chi connectivity index (χ1n) is 6.42. The summed E-state index contributed by atoms with van der Waals surface area (Å²) in [6, 6.07) is 5.28. The van der Waals surface area contributed by atoms with Crippen LogP contribution in [0.2, 0.25) is 0 Å². The molecule has 0 aliphatic heterocycles.